The molecule has 0 fully saturated rings. The molecular formula is C19H10Cl3N3O. The number of halogens is 3. The molecule has 2 heterocycles. The van der Waals surface area contributed by atoms with Crippen molar-refractivity contribution < 1.29 is 0 Å². The van der Waals surface area contributed by atoms with Crippen LogP contribution in [0.5, 0.6) is 0 Å². The van der Waals surface area contributed by atoms with Gasteiger partial charge >= 0.3 is 0 Å². The Morgan fingerprint density at radius 3 is 2.38 bits per heavy atom. The lowest BCUT2D eigenvalue weighted by Crippen LogP contribution is -2.22. The SMILES string of the molecule is O=c1c2cc(Cl)cc(Cl)c2nc(-c2cccnc2)n1-c1ccc(Cl)cc1. The molecule has 0 bridgehead atoms. The van der Waals surface area contributed by atoms with E-state index in [1.54, 1.807) is 54.9 Å². The maximum atomic E-state index is 13.3. The second kappa shape index (κ2) is 6.72. The lowest BCUT2D eigenvalue weighted by atomic mass is 10.2. The van der Waals surface area contributed by atoms with E-state index in [4.69, 9.17) is 34.8 Å². The Bertz CT molecular complexity index is 1170. The molecule has 0 N–H and O–H groups in total. The summed E-state index contributed by atoms with van der Waals surface area (Å²) in [5, 5.41) is 1.60. The minimum atomic E-state index is -0.277. The van der Waals surface area contributed by atoms with Gasteiger partial charge in [0, 0.05) is 28.0 Å². The maximum absolute atomic E-state index is 13.3. The molecule has 0 saturated heterocycles. The predicted molar refractivity (Wildman–Crippen MR) is 106 cm³/mol. The van der Waals surface area contributed by atoms with Gasteiger partial charge in [-0.1, -0.05) is 34.8 Å². The first-order chi connectivity index (χ1) is 12.5. The molecule has 26 heavy (non-hydrogen) atoms. The molecule has 0 saturated carbocycles. The van der Waals surface area contributed by atoms with Crippen molar-refractivity contribution in [2.24, 2.45) is 0 Å². The number of nitrogens with zero attached hydrogens (tertiary/aromatic N) is 3. The molecule has 4 nitrogen and oxygen atoms in total. The van der Waals surface area contributed by atoms with Crippen molar-refractivity contribution in [3.05, 3.63) is 86.3 Å². The Kier molecular flexibility index (Phi) is 4.41. The lowest BCUT2D eigenvalue weighted by molar-refractivity contribution is 0.974. The van der Waals surface area contributed by atoms with Crippen molar-refractivity contribution in [2.45, 2.75) is 0 Å². The van der Waals surface area contributed by atoms with E-state index in [1.807, 2.05) is 6.07 Å². The van der Waals surface area contributed by atoms with Gasteiger partial charge in [0.15, 0.2) is 0 Å². The molecule has 0 aliphatic rings. The van der Waals surface area contributed by atoms with Gasteiger partial charge in [-0.3, -0.25) is 14.3 Å². The van der Waals surface area contributed by atoms with Crippen molar-refractivity contribution in [1.82, 2.24) is 14.5 Å². The van der Waals surface area contributed by atoms with E-state index in [1.165, 1.54) is 4.57 Å². The standard InChI is InChI=1S/C19H10Cl3N3O/c20-12-3-5-14(6-4-12)25-18(11-2-1-7-23-10-11)24-17-15(19(25)26)8-13(21)9-16(17)22/h1-10H. The molecule has 2 aromatic carbocycles. The van der Waals surface area contributed by atoms with Crippen LogP contribution in [0.15, 0.2) is 65.7 Å². The van der Waals surface area contributed by atoms with Crippen LogP contribution in [-0.2, 0) is 0 Å². The third kappa shape index (κ3) is 2.97. The highest BCUT2D eigenvalue weighted by atomic mass is 35.5. The normalized spacial score (nSPS) is 11.0. The third-order valence-electron chi connectivity index (χ3n) is 3.90. The summed E-state index contributed by atoms with van der Waals surface area (Å²) in [6.07, 6.45) is 3.30. The second-order valence-electron chi connectivity index (χ2n) is 5.58. The summed E-state index contributed by atoms with van der Waals surface area (Å²) >= 11 is 18.4. The van der Waals surface area contributed by atoms with E-state index in [2.05, 4.69) is 9.97 Å². The highest BCUT2D eigenvalue weighted by molar-refractivity contribution is 6.38. The zero-order chi connectivity index (χ0) is 18.3. The van der Waals surface area contributed by atoms with Crippen LogP contribution in [0.1, 0.15) is 0 Å². The molecule has 0 amide bonds. The van der Waals surface area contributed by atoms with Gasteiger partial charge in [-0.25, -0.2) is 4.98 Å². The minimum absolute atomic E-state index is 0.277. The average molecular weight is 403 g/mol. The van der Waals surface area contributed by atoms with Gasteiger partial charge in [-0.05, 0) is 48.5 Å². The fraction of sp³-hybridized carbons (Fsp3) is 0. The van der Waals surface area contributed by atoms with E-state index in [9.17, 15) is 4.79 Å². The first-order valence-electron chi connectivity index (χ1n) is 7.63. The molecule has 4 aromatic rings. The first-order valence-corrected chi connectivity index (χ1v) is 8.76. The van der Waals surface area contributed by atoms with E-state index in [0.717, 1.165) is 0 Å². The highest BCUT2D eigenvalue weighted by Gasteiger charge is 2.17. The van der Waals surface area contributed by atoms with Crippen LogP contribution < -0.4 is 5.56 Å². The van der Waals surface area contributed by atoms with Gasteiger partial charge < -0.3 is 0 Å². The number of benzene rings is 2. The number of aromatic nitrogens is 3. The van der Waals surface area contributed by atoms with Gasteiger partial charge in [0.05, 0.1) is 21.6 Å². The minimum Gasteiger partial charge on any atom is -0.268 e. The number of fused-ring (bicyclic) bond motifs is 1. The third-order valence-corrected chi connectivity index (χ3v) is 4.65. The van der Waals surface area contributed by atoms with Crippen molar-refractivity contribution in [2.75, 3.05) is 0 Å². The van der Waals surface area contributed by atoms with E-state index in [0.29, 0.717) is 43.0 Å². The largest absolute Gasteiger partial charge is 0.268 e. The fourth-order valence-electron chi connectivity index (χ4n) is 2.73. The van der Waals surface area contributed by atoms with Crippen molar-refractivity contribution in [3.8, 4) is 17.1 Å². The molecule has 0 aliphatic carbocycles. The predicted octanol–water partition coefficient (Wildman–Crippen LogP) is 5.41. The number of hydrogen-bond donors (Lipinski definition) is 0. The van der Waals surface area contributed by atoms with Crippen molar-refractivity contribution in [1.29, 1.82) is 0 Å². The summed E-state index contributed by atoms with van der Waals surface area (Å²) in [6.45, 7) is 0. The summed E-state index contributed by atoms with van der Waals surface area (Å²) < 4.78 is 1.50. The van der Waals surface area contributed by atoms with Crippen LogP contribution in [0.2, 0.25) is 15.1 Å². The smallest absolute Gasteiger partial charge is 0.266 e. The van der Waals surface area contributed by atoms with Crippen molar-refractivity contribution >= 4 is 45.7 Å². The second-order valence-corrected chi connectivity index (χ2v) is 6.86. The van der Waals surface area contributed by atoms with Crippen LogP contribution in [0.25, 0.3) is 28.0 Å². The van der Waals surface area contributed by atoms with Crippen LogP contribution in [0.3, 0.4) is 0 Å². The monoisotopic (exact) mass is 401 g/mol. The zero-order valence-electron chi connectivity index (χ0n) is 13.2. The Balaban J connectivity index is 2.15. The molecular weight excluding hydrogens is 393 g/mol. The summed E-state index contributed by atoms with van der Waals surface area (Å²) in [6, 6.07) is 13.7. The molecule has 4 rings (SSSR count). The average Bonchev–Trinajstić information content (AvgIpc) is 2.64. The van der Waals surface area contributed by atoms with E-state index >= 15 is 0 Å². The number of rotatable bonds is 2. The first kappa shape index (κ1) is 17.0. The van der Waals surface area contributed by atoms with Crippen molar-refractivity contribution in [3.63, 3.8) is 0 Å². The Morgan fingerprint density at radius 2 is 1.69 bits per heavy atom. The fourth-order valence-corrected chi connectivity index (χ4v) is 3.40. The van der Waals surface area contributed by atoms with Crippen LogP contribution in [0, 0.1) is 0 Å². The molecule has 0 radical (unpaired) electrons. The van der Waals surface area contributed by atoms with E-state index < -0.39 is 0 Å². The molecule has 2 aromatic heterocycles. The molecule has 128 valence electrons. The Hall–Kier alpha value is -2.40. The topological polar surface area (TPSA) is 47.8 Å². The summed E-state index contributed by atoms with van der Waals surface area (Å²) in [4.78, 5) is 22.0. The number of hydrogen-bond acceptors (Lipinski definition) is 3. The van der Waals surface area contributed by atoms with Gasteiger partial charge in [0.1, 0.15) is 5.82 Å². The van der Waals surface area contributed by atoms with Gasteiger partial charge in [0.25, 0.3) is 5.56 Å². The van der Waals surface area contributed by atoms with Crippen LogP contribution >= 0.6 is 34.8 Å². The number of pyridine rings is 1. The summed E-state index contributed by atoms with van der Waals surface area (Å²) in [7, 11) is 0. The quantitative estimate of drug-likeness (QED) is 0.450. The summed E-state index contributed by atoms with van der Waals surface area (Å²) in [5.74, 6) is 0.433. The highest BCUT2D eigenvalue weighted by Crippen LogP contribution is 2.28. The lowest BCUT2D eigenvalue weighted by Gasteiger charge is -2.14. The Morgan fingerprint density at radius 1 is 0.923 bits per heavy atom. The molecule has 7 heteroatoms. The van der Waals surface area contributed by atoms with Crippen LogP contribution in [0.4, 0.5) is 0 Å². The van der Waals surface area contributed by atoms with Gasteiger partial charge in [0.2, 0.25) is 0 Å². The molecule has 0 spiro atoms. The zero-order valence-corrected chi connectivity index (χ0v) is 15.4. The molecule has 0 atom stereocenters. The Labute approximate surface area is 163 Å². The van der Waals surface area contributed by atoms with Gasteiger partial charge in [-0.2, -0.15) is 0 Å². The summed E-state index contributed by atoms with van der Waals surface area (Å²) in [5.41, 5.74) is 1.43. The van der Waals surface area contributed by atoms with E-state index in [-0.39, 0.29) is 5.56 Å². The maximum Gasteiger partial charge on any atom is 0.266 e. The molecule has 0 unspecified atom stereocenters. The van der Waals surface area contributed by atoms with Crippen LogP contribution in [-0.4, -0.2) is 14.5 Å². The van der Waals surface area contributed by atoms with Gasteiger partial charge in [-0.15, -0.1) is 0 Å². The molecule has 0 aliphatic heterocycles.